The Morgan fingerprint density at radius 2 is 2.10 bits per heavy atom. The van der Waals surface area contributed by atoms with Gasteiger partial charge in [0.05, 0.1) is 0 Å². The number of phenolic OH excluding ortho intramolecular Hbond substituents is 1. The molecule has 2 N–H and O–H groups in total. The average Bonchev–Trinajstić information content (AvgIpc) is 2.45. The Labute approximate surface area is 123 Å². The number of hydrogen-bond donors (Lipinski definition) is 2. The maximum Gasteiger partial charge on any atom is 0.120 e. The highest BCUT2D eigenvalue weighted by molar-refractivity contribution is 5.34. The van der Waals surface area contributed by atoms with Crippen molar-refractivity contribution in [1.29, 1.82) is 0 Å². The minimum Gasteiger partial charge on any atom is -0.508 e. The summed E-state index contributed by atoms with van der Waals surface area (Å²) < 4.78 is 0. The molecule has 112 valence electrons. The lowest BCUT2D eigenvalue weighted by Gasteiger charge is -2.27. The van der Waals surface area contributed by atoms with Crippen LogP contribution in [0.3, 0.4) is 0 Å². The molecule has 1 aromatic carbocycles. The number of rotatable bonds is 6. The van der Waals surface area contributed by atoms with E-state index in [-0.39, 0.29) is 6.04 Å². The molecule has 0 spiro atoms. The van der Waals surface area contributed by atoms with Gasteiger partial charge in [-0.2, -0.15) is 0 Å². The first-order valence-electron chi connectivity index (χ1n) is 8.22. The molecule has 3 atom stereocenters. The molecule has 0 saturated heterocycles. The van der Waals surface area contributed by atoms with Crippen LogP contribution in [0.2, 0.25) is 0 Å². The number of nitrogens with one attached hydrogen (secondary N) is 1. The van der Waals surface area contributed by atoms with Gasteiger partial charge in [-0.05, 0) is 43.7 Å². The monoisotopic (exact) mass is 275 g/mol. The first-order valence-corrected chi connectivity index (χ1v) is 8.22. The standard InChI is InChI=1S/C18H29NO/c1-3-17(16-9-4-5-10-18(16)20)19-12-11-15-8-6-7-14(2)13-15/h4-5,9-10,14-15,17,19-20H,3,6-8,11-13H2,1-2H3. The summed E-state index contributed by atoms with van der Waals surface area (Å²) in [7, 11) is 0. The van der Waals surface area contributed by atoms with Crippen LogP contribution in [0.15, 0.2) is 24.3 Å². The van der Waals surface area contributed by atoms with Crippen molar-refractivity contribution in [3.63, 3.8) is 0 Å². The minimum atomic E-state index is 0.275. The number of phenols is 1. The van der Waals surface area contributed by atoms with Crippen LogP contribution in [0, 0.1) is 11.8 Å². The second-order valence-electron chi connectivity index (χ2n) is 6.40. The SMILES string of the molecule is CCC(NCCC1CCCC(C)C1)c1ccccc1O. The number of aromatic hydroxyl groups is 1. The molecule has 0 aromatic heterocycles. The second-order valence-corrected chi connectivity index (χ2v) is 6.40. The van der Waals surface area contributed by atoms with E-state index in [0.29, 0.717) is 5.75 Å². The first-order chi connectivity index (χ1) is 9.70. The van der Waals surface area contributed by atoms with Gasteiger partial charge < -0.3 is 10.4 Å². The lowest BCUT2D eigenvalue weighted by Crippen LogP contribution is -2.25. The van der Waals surface area contributed by atoms with Crippen molar-refractivity contribution in [3.8, 4) is 5.75 Å². The zero-order chi connectivity index (χ0) is 14.4. The van der Waals surface area contributed by atoms with Crippen molar-refractivity contribution in [2.75, 3.05) is 6.54 Å². The van der Waals surface area contributed by atoms with E-state index in [0.717, 1.165) is 30.4 Å². The normalized spacial score (nSPS) is 24.5. The van der Waals surface area contributed by atoms with Crippen LogP contribution in [-0.4, -0.2) is 11.7 Å². The predicted molar refractivity (Wildman–Crippen MR) is 84.9 cm³/mol. The van der Waals surface area contributed by atoms with Gasteiger partial charge in [0, 0.05) is 11.6 Å². The van der Waals surface area contributed by atoms with Crippen LogP contribution in [0.4, 0.5) is 0 Å². The van der Waals surface area contributed by atoms with Gasteiger partial charge in [0.1, 0.15) is 5.75 Å². The van der Waals surface area contributed by atoms with Crippen molar-refractivity contribution < 1.29 is 5.11 Å². The van der Waals surface area contributed by atoms with E-state index in [9.17, 15) is 5.11 Å². The van der Waals surface area contributed by atoms with Crippen molar-refractivity contribution in [1.82, 2.24) is 5.32 Å². The highest BCUT2D eigenvalue weighted by atomic mass is 16.3. The molecule has 1 aliphatic rings. The first kappa shape index (κ1) is 15.4. The zero-order valence-electron chi connectivity index (χ0n) is 12.9. The summed E-state index contributed by atoms with van der Waals surface area (Å²) in [5, 5.41) is 13.6. The molecule has 2 heteroatoms. The van der Waals surface area contributed by atoms with Gasteiger partial charge in [0.15, 0.2) is 0 Å². The molecule has 0 radical (unpaired) electrons. The fraction of sp³-hybridized carbons (Fsp3) is 0.667. The van der Waals surface area contributed by atoms with E-state index >= 15 is 0 Å². The molecule has 1 saturated carbocycles. The molecule has 0 bridgehead atoms. The van der Waals surface area contributed by atoms with Gasteiger partial charge in [0.2, 0.25) is 0 Å². The van der Waals surface area contributed by atoms with E-state index in [4.69, 9.17) is 0 Å². The molecule has 0 amide bonds. The fourth-order valence-electron chi connectivity index (χ4n) is 3.54. The van der Waals surface area contributed by atoms with Gasteiger partial charge in [-0.3, -0.25) is 0 Å². The Morgan fingerprint density at radius 3 is 2.80 bits per heavy atom. The van der Waals surface area contributed by atoms with E-state index in [1.807, 2.05) is 18.2 Å². The third kappa shape index (κ3) is 4.24. The van der Waals surface area contributed by atoms with E-state index < -0.39 is 0 Å². The van der Waals surface area contributed by atoms with Crippen LogP contribution >= 0.6 is 0 Å². The fourth-order valence-corrected chi connectivity index (χ4v) is 3.54. The third-order valence-corrected chi connectivity index (χ3v) is 4.71. The quantitative estimate of drug-likeness (QED) is 0.792. The van der Waals surface area contributed by atoms with Crippen molar-refractivity contribution in [2.45, 2.75) is 58.4 Å². The lowest BCUT2D eigenvalue weighted by atomic mass is 9.81. The van der Waals surface area contributed by atoms with Crippen LogP contribution < -0.4 is 5.32 Å². The summed E-state index contributed by atoms with van der Waals surface area (Å²) in [4.78, 5) is 0. The van der Waals surface area contributed by atoms with Crippen LogP contribution in [0.25, 0.3) is 0 Å². The summed E-state index contributed by atoms with van der Waals surface area (Å²) in [6.45, 7) is 5.62. The summed E-state index contributed by atoms with van der Waals surface area (Å²) in [5.74, 6) is 2.22. The topological polar surface area (TPSA) is 32.3 Å². The largest absolute Gasteiger partial charge is 0.508 e. The molecule has 0 heterocycles. The molecule has 1 aliphatic carbocycles. The smallest absolute Gasteiger partial charge is 0.120 e. The van der Waals surface area contributed by atoms with Gasteiger partial charge in [-0.25, -0.2) is 0 Å². The molecule has 2 nitrogen and oxygen atoms in total. The second kappa shape index (κ2) is 7.68. The Hall–Kier alpha value is -1.02. The van der Waals surface area contributed by atoms with Crippen molar-refractivity contribution >= 4 is 0 Å². The van der Waals surface area contributed by atoms with E-state index in [1.54, 1.807) is 6.07 Å². The number of benzene rings is 1. The van der Waals surface area contributed by atoms with Gasteiger partial charge in [-0.1, -0.05) is 51.3 Å². The molecule has 1 fully saturated rings. The average molecular weight is 275 g/mol. The summed E-state index contributed by atoms with van der Waals surface area (Å²) >= 11 is 0. The Bertz CT molecular complexity index is 404. The van der Waals surface area contributed by atoms with Crippen LogP contribution in [0.1, 0.15) is 64.0 Å². The Morgan fingerprint density at radius 1 is 1.30 bits per heavy atom. The number of para-hydroxylation sites is 1. The maximum atomic E-state index is 9.95. The van der Waals surface area contributed by atoms with Gasteiger partial charge >= 0.3 is 0 Å². The molecule has 1 aromatic rings. The lowest BCUT2D eigenvalue weighted by molar-refractivity contribution is 0.264. The molecule has 0 aliphatic heterocycles. The number of hydrogen-bond acceptors (Lipinski definition) is 2. The van der Waals surface area contributed by atoms with Crippen LogP contribution in [-0.2, 0) is 0 Å². The predicted octanol–water partition coefficient (Wildman–Crippen LogP) is 4.65. The van der Waals surface area contributed by atoms with Gasteiger partial charge in [0.25, 0.3) is 0 Å². The maximum absolute atomic E-state index is 9.95. The molecule has 3 unspecified atom stereocenters. The van der Waals surface area contributed by atoms with Crippen LogP contribution in [0.5, 0.6) is 5.75 Å². The van der Waals surface area contributed by atoms with E-state index in [2.05, 4.69) is 19.2 Å². The van der Waals surface area contributed by atoms with E-state index in [1.165, 1.54) is 32.1 Å². The highest BCUT2D eigenvalue weighted by Crippen LogP contribution is 2.31. The van der Waals surface area contributed by atoms with Gasteiger partial charge in [-0.15, -0.1) is 0 Å². The Kier molecular flexibility index (Phi) is 5.90. The summed E-state index contributed by atoms with van der Waals surface area (Å²) in [6, 6.07) is 7.97. The zero-order valence-corrected chi connectivity index (χ0v) is 12.9. The van der Waals surface area contributed by atoms with Crippen molar-refractivity contribution in [2.24, 2.45) is 11.8 Å². The molecule has 20 heavy (non-hydrogen) atoms. The molecular weight excluding hydrogens is 246 g/mol. The van der Waals surface area contributed by atoms with Crippen molar-refractivity contribution in [3.05, 3.63) is 29.8 Å². The third-order valence-electron chi connectivity index (χ3n) is 4.71. The molecule has 2 rings (SSSR count). The Balaban J connectivity index is 1.81. The summed E-state index contributed by atoms with van der Waals surface area (Å²) in [5.41, 5.74) is 1.03. The molecular formula is C18H29NO. The highest BCUT2D eigenvalue weighted by Gasteiger charge is 2.19. The summed E-state index contributed by atoms with van der Waals surface area (Å²) in [6.07, 6.45) is 7.91. The minimum absolute atomic E-state index is 0.275.